The zero-order chi connectivity index (χ0) is 12.5. The Morgan fingerprint density at radius 2 is 2.00 bits per heavy atom. The first-order valence-electron chi connectivity index (χ1n) is 5.90. The van der Waals surface area contributed by atoms with Gasteiger partial charge in [0.2, 0.25) is 6.29 Å². The number of hydrogen-bond acceptors (Lipinski definition) is 3. The van der Waals surface area contributed by atoms with E-state index in [1.165, 1.54) is 0 Å². The Bertz CT molecular complexity index is 414. The predicted octanol–water partition coefficient (Wildman–Crippen LogP) is 2.89. The van der Waals surface area contributed by atoms with Gasteiger partial charge in [-0.15, -0.1) is 0 Å². The van der Waals surface area contributed by atoms with E-state index in [9.17, 15) is 4.79 Å². The molecule has 1 aromatic carbocycles. The molecule has 0 radical (unpaired) electrons. The molecule has 0 aliphatic carbocycles. The average molecular weight is 234 g/mol. The maximum atomic E-state index is 12.0. The largest absolute Gasteiger partial charge is 0.432 e. The molecular formula is C14H18O3. The SMILES string of the molecule is CC(C)(C)c1ccccc1C(=O)OC1CCO1. The number of hydrogen-bond donors (Lipinski definition) is 0. The summed E-state index contributed by atoms with van der Waals surface area (Å²) in [6.45, 7) is 6.93. The number of esters is 1. The quantitative estimate of drug-likeness (QED) is 0.738. The molecule has 1 fully saturated rings. The second-order valence-corrected chi connectivity index (χ2v) is 5.29. The van der Waals surface area contributed by atoms with Crippen molar-refractivity contribution in [3.63, 3.8) is 0 Å². The first-order valence-corrected chi connectivity index (χ1v) is 5.90. The van der Waals surface area contributed by atoms with Gasteiger partial charge in [-0.3, -0.25) is 0 Å². The summed E-state index contributed by atoms with van der Waals surface area (Å²) in [4.78, 5) is 12.0. The summed E-state index contributed by atoms with van der Waals surface area (Å²) in [6.07, 6.45) is 0.444. The summed E-state index contributed by atoms with van der Waals surface area (Å²) in [7, 11) is 0. The molecule has 1 unspecified atom stereocenters. The number of rotatable bonds is 2. The van der Waals surface area contributed by atoms with Gasteiger partial charge in [0, 0.05) is 6.42 Å². The van der Waals surface area contributed by atoms with Gasteiger partial charge in [0.05, 0.1) is 12.2 Å². The van der Waals surface area contributed by atoms with Crippen molar-refractivity contribution in [2.75, 3.05) is 6.61 Å². The van der Waals surface area contributed by atoms with Crippen molar-refractivity contribution < 1.29 is 14.3 Å². The van der Waals surface area contributed by atoms with E-state index in [2.05, 4.69) is 20.8 Å². The highest BCUT2D eigenvalue weighted by Crippen LogP contribution is 2.27. The van der Waals surface area contributed by atoms with Crippen LogP contribution in [0.3, 0.4) is 0 Å². The number of carbonyl (C=O) groups excluding carboxylic acids is 1. The fourth-order valence-corrected chi connectivity index (χ4v) is 1.81. The van der Waals surface area contributed by atoms with Crippen LogP contribution in [0.4, 0.5) is 0 Å². The van der Waals surface area contributed by atoms with Crippen molar-refractivity contribution in [1.29, 1.82) is 0 Å². The molecule has 1 saturated heterocycles. The molecule has 0 N–H and O–H groups in total. The topological polar surface area (TPSA) is 35.5 Å². The summed E-state index contributed by atoms with van der Waals surface area (Å²) in [6, 6.07) is 7.57. The van der Waals surface area contributed by atoms with Crippen LogP contribution in [0.1, 0.15) is 43.1 Å². The van der Waals surface area contributed by atoms with Crippen molar-refractivity contribution in [3.05, 3.63) is 35.4 Å². The van der Waals surface area contributed by atoms with Gasteiger partial charge in [-0.1, -0.05) is 39.0 Å². The summed E-state index contributed by atoms with van der Waals surface area (Å²) >= 11 is 0. The molecule has 3 heteroatoms. The van der Waals surface area contributed by atoms with Crippen LogP contribution in [0.2, 0.25) is 0 Å². The van der Waals surface area contributed by atoms with Gasteiger partial charge in [0.1, 0.15) is 0 Å². The monoisotopic (exact) mass is 234 g/mol. The smallest absolute Gasteiger partial charge is 0.340 e. The van der Waals surface area contributed by atoms with Crippen LogP contribution in [0.15, 0.2) is 24.3 Å². The fraction of sp³-hybridized carbons (Fsp3) is 0.500. The van der Waals surface area contributed by atoms with E-state index in [0.29, 0.717) is 12.2 Å². The van der Waals surface area contributed by atoms with E-state index in [0.717, 1.165) is 12.0 Å². The molecule has 0 aromatic heterocycles. The third-order valence-electron chi connectivity index (χ3n) is 2.85. The van der Waals surface area contributed by atoms with Gasteiger partial charge in [-0.05, 0) is 17.0 Å². The van der Waals surface area contributed by atoms with E-state index in [-0.39, 0.29) is 17.7 Å². The van der Waals surface area contributed by atoms with Gasteiger partial charge >= 0.3 is 5.97 Å². The van der Waals surface area contributed by atoms with Crippen LogP contribution in [0.25, 0.3) is 0 Å². The lowest BCUT2D eigenvalue weighted by atomic mass is 9.84. The third-order valence-corrected chi connectivity index (χ3v) is 2.85. The lowest BCUT2D eigenvalue weighted by molar-refractivity contribution is -0.184. The Morgan fingerprint density at radius 3 is 2.53 bits per heavy atom. The highest BCUT2D eigenvalue weighted by Gasteiger charge is 2.27. The van der Waals surface area contributed by atoms with Crippen molar-refractivity contribution in [1.82, 2.24) is 0 Å². The Hall–Kier alpha value is -1.35. The Morgan fingerprint density at radius 1 is 1.35 bits per heavy atom. The molecule has 0 bridgehead atoms. The van der Waals surface area contributed by atoms with Crippen molar-refractivity contribution in [3.8, 4) is 0 Å². The van der Waals surface area contributed by atoms with E-state index >= 15 is 0 Å². The fourth-order valence-electron chi connectivity index (χ4n) is 1.81. The summed E-state index contributed by atoms with van der Waals surface area (Å²) in [5, 5.41) is 0. The molecule has 17 heavy (non-hydrogen) atoms. The Labute approximate surface area is 102 Å². The highest BCUT2D eigenvalue weighted by atomic mass is 16.7. The zero-order valence-electron chi connectivity index (χ0n) is 10.5. The lowest BCUT2D eigenvalue weighted by Gasteiger charge is -2.27. The second kappa shape index (κ2) is 4.49. The Kier molecular flexibility index (Phi) is 3.20. The average Bonchev–Trinajstić information content (AvgIpc) is 2.22. The van der Waals surface area contributed by atoms with Gasteiger partial charge in [0.25, 0.3) is 0 Å². The normalized spacial score (nSPS) is 19.6. The minimum atomic E-state index is -0.351. The Balaban J connectivity index is 2.21. The minimum Gasteiger partial charge on any atom is -0.432 e. The maximum absolute atomic E-state index is 12.0. The molecule has 0 saturated carbocycles. The number of carbonyl (C=O) groups is 1. The van der Waals surface area contributed by atoms with E-state index in [4.69, 9.17) is 9.47 Å². The van der Waals surface area contributed by atoms with E-state index < -0.39 is 0 Å². The first-order chi connectivity index (χ1) is 7.98. The van der Waals surface area contributed by atoms with E-state index in [1.54, 1.807) is 0 Å². The van der Waals surface area contributed by atoms with Crippen molar-refractivity contribution in [2.24, 2.45) is 0 Å². The molecule has 3 nitrogen and oxygen atoms in total. The van der Waals surface area contributed by atoms with Crippen LogP contribution in [0, 0.1) is 0 Å². The molecule has 1 aromatic rings. The minimum absolute atomic E-state index is 0.0733. The zero-order valence-corrected chi connectivity index (χ0v) is 10.5. The van der Waals surface area contributed by atoms with Gasteiger partial charge in [-0.25, -0.2) is 4.79 Å². The first kappa shape index (κ1) is 12.1. The van der Waals surface area contributed by atoms with Crippen LogP contribution in [-0.2, 0) is 14.9 Å². The molecule has 0 amide bonds. The summed E-state index contributed by atoms with van der Waals surface area (Å²) in [5.74, 6) is -0.291. The van der Waals surface area contributed by atoms with Crippen molar-refractivity contribution >= 4 is 5.97 Å². The van der Waals surface area contributed by atoms with Gasteiger partial charge < -0.3 is 9.47 Å². The van der Waals surface area contributed by atoms with Crippen molar-refractivity contribution in [2.45, 2.75) is 38.9 Å². The molecule has 1 atom stereocenters. The van der Waals surface area contributed by atoms with Gasteiger partial charge in [0.15, 0.2) is 0 Å². The van der Waals surface area contributed by atoms with Crippen LogP contribution in [-0.4, -0.2) is 18.9 Å². The molecule has 92 valence electrons. The van der Waals surface area contributed by atoms with Gasteiger partial charge in [-0.2, -0.15) is 0 Å². The number of ether oxygens (including phenoxy) is 2. The molecule has 1 aliphatic heterocycles. The van der Waals surface area contributed by atoms with Crippen LogP contribution < -0.4 is 0 Å². The summed E-state index contributed by atoms with van der Waals surface area (Å²) in [5.41, 5.74) is 1.57. The predicted molar refractivity (Wildman–Crippen MR) is 64.9 cm³/mol. The van der Waals surface area contributed by atoms with Crippen LogP contribution in [0.5, 0.6) is 0 Å². The maximum Gasteiger partial charge on any atom is 0.340 e. The standard InChI is InChI=1S/C14H18O3/c1-14(2,3)11-7-5-4-6-10(11)13(15)17-12-8-9-16-12/h4-7,12H,8-9H2,1-3H3. The highest BCUT2D eigenvalue weighted by molar-refractivity contribution is 5.91. The lowest BCUT2D eigenvalue weighted by Crippen LogP contribution is -2.32. The number of benzene rings is 1. The van der Waals surface area contributed by atoms with E-state index in [1.807, 2.05) is 24.3 Å². The molecule has 1 heterocycles. The van der Waals surface area contributed by atoms with Crippen LogP contribution >= 0.6 is 0 Å². The third kappa shape index (κ3) is 2.67. The molecule has 0 spiro atoms. The second-order valence-electron chi connectivity index (χ2n) is 5.29. The molecule has 1 aliphatic rings. The molecule has 2 rings (SSSR count). The molecular weight excluding hydrogens is 216 g/mol. The summed E-state index contributed by atoms with van der Waals surface area (Å²) < 4.78 is 10.4.